The van der Waals surface area contributed by atoms with Crippen LogP contribution in [0.15, 0.2) is 40.8 Å². The van der Waals surface area contributed by atoms with Crippen molar-refractivity contribution in [1.82, 2.24) is 5.32 Å². The maximum atomic E-state index is 5.68. The lowest BCUT2D eigenvalue weighted by Crippen LogP contribution is -2.41. The highest BCUT2D eigenvalue weighted by molar-refractivity contribution is 5.31. The predicted molar refractivity (Wildman–Crippen MR) is 81.9 cm³/mol. The van der Waals surface area contributed by atoms with Gasteiger partial charge in [0.25, 0.3) is 0 Å². The fraction of sp³-hybridized carbons (Fsp3) is 0.444. The molecule has 0 radical (unpaired) electrons. The smallest absolute Gasteiger partial charge is 0.120 e. The summed E-state index contributed by atoms with van der Waals surface area (Å²) in [4.78, 5) is 0. The first-order valence-corrected chi connectivity index (χ1v) is 7.51. The summed E-state index contributed by atoms with van der Waals surface area (Å²) in [5.74, 6) is 2.75. The monoisotopic (exact) mass is 269 g/mol. The van der Waals surface area contributed by atoms with Crippen molar-refractivity contribution >= 4 is 0 Å². The SMILES string of the molecule is Cc1ccc(C(C)NC2CC(c3ccccc3C)C2)o1. The quantitative estimate of drug-likeness (QED) is 0.884. The molecule has 3 rings (SSSR count). The summed E-state index contributed by atoms with van der Waals surface area (Å²) in [5.41, 5.74) is 2.94. The van der Waals surface area contributed by atoms with Crippen molar-refractivity contribution in [2.75, 3.05) is 0 Å². The molecule has 1 aromatic carbocycles. The molecule has 1 atom stereocenters. The lowest BCUT2D eigenvalue weighted by Gasteiger charge is -2.38. The van der Waals surface area contributed by atoms with Gasteiger partial charge in [0.2, 0.25) is 0 Å². The van der Waals surface area contributed by atoms with Gasteiger partial charge in [-0.3, -0.25) is 0 Å². The Bertz CT molecular complexity index is 581. The van der Waals surface area contributed by atoms with E-state index in [-0.39, 0.29) is 0 Å². The molecule has 1 aliphatic carbocycles. The zero-order chi connectivity index (χ0) is 14.1. The van der Waals surface area contributed by atoms with E-state index >= 15 is 0 Å². The molecule has 0 saturated heterocycles. The summed E-state index contributed by atoms with van der Waals surface area (Å²) in [6.45, 7) is 6.39. The highest BCUT2D eigenvalue weighted by atomic mass is 16.3. The Labute approximate surface area is 121 Å². The van der Waals surface area contributed by atoms with Gasteiger partial charge in [0.15, 0.2) is 0 Å². The highest BCUT2D eigenvalue weighted by Gasteiger charge is 2.32. The van der Waals surface area contributed by atoms with Crippen LogP contribution in [0.1, 0.15) is 54.4 Å². The van der Waals surface area contributed by atoms with Gasteiger partial charge >= 0.3 is 0 Å². The van der Waals surface area contributed by atoms with Crippen LogP contribution in [0.3, 0.4) is 0 Å². The first-order chi connectivity index (χ1) is 9.63. The molecule has 2 nitrogen and oxygen atoms in total. The van der Waals surface area contributed by atoms with E-state index in [0.29, 0.717) is 12.1 Å². The van der Waals surface area contributed by atoms with Crippen LogP contribution in [0, 0.1) is 13.8 Å². The third kappa shape index (κ3) is 2.66. The number of hydrogen-bond donors (Lipinski definition) is 1. The minimum atomic E-state index is 0.298. The first kappa shape index (κ1) is 13.4. The predicted octanol–water partition coefficient (Wildman–Crippen LogP) is 4.49. The summed E-state index contributed by atoms with van der Waals surface area (Å²) in [6.07, 6.45) is 2.46. The number of rotatable bonds is 4. The first-order valence-electron chi connectivity index (χ1n) is 7.51. The third-order valence-corrected chi connectivity index (χ3v) is 4.44. The van der Waals surface area contributed by atoms with Gasteiger partial charge in [-0.1, -0.05) is 24.3 Å². The Morgan fingerprint density at radius 2 is 1.85 bits per heavy atom. The fourth-order valence-electron chi connectivity index (χ4n) is 3.17. The van der Waals surface area contributed by atoms with E-state index in [1.165, 1.54) is 24.0 Å². The van der Waals surface area contributed by atoms with E-state index in [0.717, 1.165) is 17.4 Å². The molecule has 106 valence electrons. The Hall–Kier alpha value is -1.54. The molecule has 1 fully saturated rings. The van der Waals surface area contributed by atoms with Gasteiger partial charge in [-0.05, 0) is 62.8 Å². The van der Waals surface area contributed by atoms with Crippen LogP contribution in [0.25, 0.3) is 0 Å². The van der Waals surface area contributed by atoms with Crippen molar-refractivity contribution in [2.45, 2.75) is 51.6 Å². The van der Waals surface area contributed by atoms with Crippen LogP contribution < -0.4 is 5.32 Å². The molecule has 0 bridgehead atoms. The molecule has 1 unspecified atom stereocenters. The molecule has 1 saturated carbocycles. The second-order valence-electron chi connectivity index (χ2n) is 6.06. The van der Waals surface area contributed by atoms with Crippen molar-refractivity contribution in [3.05, 3.63) is 59.0 Å². The number of aryl methyl sites for hydroxylation is 2. The van der Waals surface area contributed by atoms with E-state index in [1.54, 1.807) is 0 Å². The average Bonchev–Trinajstić information content (AvgIpc) is 2.81. The second kappa shape index (κ2) is 5.45. The van der Waals surface area contributed by atoms with Crippen LogP contribution in [0.4, 0.5) is 0 Å². The zero-order valence-electron chi connectivity index (χ0n) is 12.5. The minimum Gasteiger partial charge on any atom is -0.465 e. The third-order valence-electron chi connectivity index (χ3n) is 4.44. The molecule has 2 heteroatoms. The van der Waals surface area contributed by atoms with Gasteiger partial charge in [-0.15, -0.1) is 0 Å². The summed E-state index contributed by atoms with van der Waals surface area (Å²) in [5, 5.41) is 3.67. The lowest BCUT2D eigenvalue weighted by molar-refractivity contribution is 0.257. The Balaban J connectivity index is 1.55. The maximum absolute atomic E-state index is 5.68. The summed E-state index contributed by atoms with van der Waals surface area (Å²) < 4.78 is 5.68. The molecule has 1 aliphatic rings. The van der Waals surface area contributed by atoms with Gasteiger partial charge in [-0.25, -0.2) is 0 Å². The number of hydrogen-bond acceptors (Lipinski definition) is 2. The van der Waals surface area contributed by atoms with E-state index in [4.69, 9.17) is 4.42 Å². The Kier molecular flexibility index (Phi) is 3.66. The van der Waals surface area contributed by atoms with Crippen molar-refractivity contribution in [1.29, 1.82) is 0 Å². The van der Waals surface area contributed by atoms with Crippen LogP contribution in [0.2, 0.25) is 0 Å². The van der Waals surface area contributed by atoms with Crippen LogP contribution in [-0.2, 0) is 0 Å². The molecular formula is C18H23NO. The van der Waals surface area contributed by atoms with E-state index in [9.17, 15) is 0 Å². The second-order valence-corrected chi connectivity index (χ2v) is 6.06. The maximum Gasteiger partial charge on any atom is 0.120 e. The van der Waals surface area contributed by atoms with E-state index in [1.807, 2.05) is 13.0 Å². The van der Waals surface area contributed by atoms with Gasteiger partial charge < -0.3 is 9.73 Å². The van der Waals surface area contributed by atoms with Gasteiger partial charge in [-0.2, -0.15) is 0 Å². The average molecular weight is 269 g/mol. The fourth-order valence-corrected chi connectivity index (χ4v) is 3.17. The molecule has 20 heavy (non-hydrogen) atoms. The van der Waals surface area contributed by atoms with Crippen LogP contribution in [0.5, 0.6) is 0 Å². The van der Waals surface area contributed by atoms with Crippen molar-refractivity contribution in [3.8, 4) is 0 Å². The number of nitrogens with one attached hydrogen (secondary N) is 1. The van der Waals surface area contributed by atoms with Crippen molar-refractivity contribution < 1.29 is 4.42 Å². The van der Waals surface area contributed by atoms with E-state index in [2.05, 4.69) is 49.5 Å². The summed E-state index contributed by atoms with van der Waals surface area (Å²) in [6, 6.07) is 13.8. The minimum absolute atomic E-state index is 0.298. The molecule has 0 aliphatic heterocycles. The van der Waals surface area contributed by atoms with Gasteiger partial charge in [0.1, 0.15) is 11.5 Å². The van der Waals surface area contributed by atoms with Crippen molar-refractivity contribution in [2.24, 2.45) is 0 Å². The zero-order valence-corrected chi connectivity index (χ0v) is 12.5. The highest BCUT2D eigenvalue weighted by Crippen LogP contribution is 2.39. The molecule has 0 amide bonds. The molecular weight excluding hydrogens is 246 g/mol. The molecule has 0 spiro atoms. The summed E-state index contributed by atoms with van der Waals surface area (Å²) >= 11 is 0. The van der Waals surface area contributed by atoms with Gasteiger partial charge in [0.05, 0.1) is 6.04 Å². The summed E-state index contributed by atoms with van der Waals surface area (Å²) in [7, 11) is 0. The Morgan fingerprint density at radius 1 is 1.10 bits per heavy atom. The van der Waals surface area contributed by atoms with E-state index < -0.39 is 0 Å². The van der Waals surface area contributed by atoms with Crippen LogP contribution in [-0.4, -0.2) is 6.04 Å². The normalized spacial score (nSPS) is 23.4. The molecule has 1 aromatic heterocycles. The number of benzene rings is 1. The standard InChI is InChI=1S/C18H23NO/c1-12-6-4-5-7-17(12)15-10-16(11-15)19-14(3)18-9-8-13(2)20-18/h4-9,14-16,19H,10-11H2,1-3H3. The number of furan rings is 1. The molecule has 1 heterocycles. The molecule has 1 N–H and O–H groups in total. The lowest BCUT2D eigenvalue weighted by atomic mass is 9.74. The Morgan fingerprint density at radius 3 is 2.50 bits per heavy atom. The largest absolute Gasteiger partial charge is 0.465 e. The van der Waals surface area contributed by atoms with Crippen LogP contribution >= 0.6 is 0 Å². The topological polar surface area (TPSA) is 25.2 Å². The molecule has 2 aromatic rings. The van der Waals surface area contributed by atoms with Crippen molar-refractivity contribution in [3.63, 3.8) is 0 Å². The van der Waals surface area contributed by atoms with Gasteiger partial charge in [0, 0.05) is 6.04 Å².